The van der Waals surface area contributed by atoms with Crippen LogP contribution in [-0.2, 0) is 11.2 Å². The number of anilines is 4. The predicted molar refractivity (Wildman–Crippen MR) is 133 cm³/mol. The minimum absolute atomic E-state index is 0.560. The molecule has 5 rings (SSSR count). The SMILES string of the molecule is CCc1c(-c2ccc(C=N)c(N)c2)nc(Nc2ccc(N3CCOCC3)cc2)c2nccn12. The van der Waals surface area contributed by atoms with E-state index in [-0.39, 0.29) is 0 Å². The Hall–Kier alpha value is -3.91. The largest absolute Gasteiger partial charge is 0.398 e. The molecule has 168 valence electrons. The second kappa shape index (κ2) is 8.91. The van der Waals surface area contributed by atoms with Crippen molar-refractivity contribution in [2.24, 2.45) is 0 Å². The molecule has 0 atom stereocenters. The molecular formula is C25H27N7O. The lowest BCUT2D eigenvalue weighted by molar-refractivity contribution is 0.122. The summed E-state index contributed by atoms with van der Waals surface area (Å²) in [4.78, 5) is 11.9. The molecule has 2 aromatic carbocycles. The fourth-order valence-corrected chi connectivity index (χ4v) is 4.26. The number of morpholine rings is 1. The lowest BCUT2D eigenvalue weighted by Gasteiger charge is -2.28. The minimum atomic E-state index is 0.560. The first-order valence-electron chi connectivity index (χ1n) is 11.1. The van der Waals surface area contributed by atoms with Crippen molar-refractivity contribution < 1.29 is 4.74 Å². The van der Waals surface area contributed by atoms with Gasteiger partial charge in [-0.2, -0.15) is 0 Å². The van der Waals surface area contributed by atoms with Gasteiger partial charge in [0.2, 0.25) is 0 Å². The van der Waals surface area contributed by atoms with Gasteiger partial charge >= 0.3 is 0 Å². The van der Waals surface area contributed by atoms with Crippen LogP contribution in [0.3, 0.4) is 0 Å². The summed E-state index contributed by atoms with van der Waals surface area (Å²) in [6.07, 6.45) is 5.80. The third kappa shape index (κ3) is 4.01. The number of imidazole rings is 1. The monoisotopic (exact) mass is 441 g/mol. The first-order valence-corrected chi connectivity index (χ1v) is 11.1. The van der Waals surface area contributed by atoms with Crippen LogP contribution in [0.2, 0.25) is 0 Å². The zero-order valence-corrected chi connectivity index (χ0v) is 18.6. The number of fused-ring (bicyclic) bond motifs is 1. The molecule has 0 radical (unpaired) electrons. The van der Waals surface area contributed by atoms with Crippen LogP contribution in [0.4, 0.5) is 22.9 Å². The topological polar surface area (TPSA) is 105 Å². The van der Waals surface area contributed by atoms with Crippen LogP contribution in [0.5, 0.6) is 0 Å². The number of nitrogens with two attached hydrogens (primary N) is 1. The molecule has 0 amide bonds. The fraction of sp³-hybridized carbons (Fsp3) is 0.240. The maximum absolute atomic E-state index is 7.51. The zero-order valence-electron chi connectivity index (χ0n) is 18.6. The van der Waals surface area contributed by atoms with Gasteiger partial charge in [0.15, 0.2) is 11.5 Å². The van der Waals surface area contributed by atoms with E-state index in [4.69, 9.17) is 20.9 Å². The van der Waals surface area contributed by atoms with Gasteiger partial charge < -0.3 is 26.1 Å². The van der Waals surface area contributed by atoms with Gasteiger partial charge in [0.1, 0.15) is 0 Å². The van der Waals surface area contributed by atoms with Crippen LogP contribution in [0.25, 0.3) is 16.9 Å². The summed E-state index contributed by atoms with van der Waals surface area (Å²) in [6, 6.07) is 14.1. The summed E-state index contributed by atoms with van der Waals surface area (Å²) >= 11 is 0. The first kappa shape index (κ1) is 21.0. The number of ether oxygens (including phenoxy) is 1. The maximum Gasteiger partial charge on any atom is 0.180 e. The minimum Gasteiger partial charge on any atom is -0.398 e. The molecular weight excluding hydrogens is 414 g/mol. The number of nitrogens with zero attached hydrogens (tertiary/aromatic N) is 4. The van der Waals surface area contributed by atoms with E-state index in [1.54, 1.807) is 6.20 Å². The van der Waals surface area contributed by atoms with Crippen molar-refractivity contribution >= 4 is 34.7 Å². The van der Waals surface area contributed by atoms with Crippen LogP contribution < -0.4 is 16.0 Å². The van der Waals surface area contributed by atoms with Gasteiger partial charge in [0.05, 0.1) is 24.6 Å². The molecule has 0 aliphatic carbocycles. The molecule has 1 fully saturated rings. The molecule has 8 heteroatoms. The number of hydrogen-bond donors (Lipinski definition) is 3. The summed E-state index contributed by atoms with van der Waals surface area (Å²) in [5.74, 6) is 0.682. The smallest absolute Gasteiger partial charge is 0.180 e. The number of aryl methyl sites for hydroxylation is 1. The van der Waals surface area contributed by atoms with Crippen molar-refractivity contribution in [1.82, 2.24) is 14.4 Å². The number of benzene rings is 2. The molecule has 0 spiro atoms. The van der Waals surface area contributed by atoms with E-state index in [0.29, 0.717) is 17.1 Å². The molecule has 0 bridgehead atoms. The summed E-state index contributed by atoms with van der Waals surface area (Å²) in [5, 5.41) is 11.0. The lowest BCUT2D eigenvalue weighted by Crippen LogP contribution is -2.36. The molecule has 8 nitrogen and oxygen atoms in total. The molecule has 0 saturated carbocycles. The molecule has 1 aliphatic rings. The fourth-order valence-electron chi connectivity index (χ4n) is 4.26. The predicted octanol–water partition coefficient (Wildman–Crippen LogP) is 4.12. The number of hydrogen-bond acceptors (Lipinski definition) is 7. The van der Waals surface area contributed by atoms with Crippen molar-refractivity contribution in [3.63, 3.8) is 0 Å². The Morgan fingerprint density at radius 2 is 1.94 bits per heavy atom. The van der Waals surface area contributed by atoms with Crippen LogP contribution in [-0.4, -0.2) is 46.9 Å². The van der Waals surface area contributed by atoms with Crippen LogP contribution >= 0.6 is 0 Å². The second-order valence-corrected chi connectivity index (χ2v) is 7.99. The quantitative estimate of drug-likeness (QED) is 0.307. The Morgan fingerprint density at radius 3 is 2.64 bits per heavy atom. The maximum atomic E-state index is 7.51. The standard InChI is InChI=1S/C25H27N7O/c1-2-22-23(17-3-4-18(16-26)21(27)15-17)30-24(25-28-9-10-32(22)25)29-19-5-7-20(8-6-19)31-11-13-33-14-12-31/h3-10,15-16,26H,2,11-14,27H2,1H3,(H,29,30). The van der Waals surface area contributed by atoms with E-state index in [2.05, 4.69) is 50.8 Å². The van der Waals surface area contributed by atoms with E-state index in [9.17, 15) is 0 Å². The van der Waals surface area contributed by atoms with Gasteiger partial charge in [-0.05, 0) is 36.8 Å². The number of nitrogen functional groups attached to an aromatic ring is 1. The molecule has 4 N–H and O–H groups in total. The highest BCUT2D eigenvalue weighted by molar-refractivity contribution is 5.87. The average molecular weight is 442 g/mol. The second-order valence-electron chi connectivity index (χ2n) is 7.99. The van der Waals surface area contributed by atoms with Crippen LogP contribution in [0, 0.1) is 5.41 Å². The molecule has 4 aromatic rings. The van der Waals surface area contributed by atoms with Crippen molar-refractivity contribution in [3.8, 4) is 11.3 Å². The van der Waals surface area contributed by atoms with Crippen molar-refractivity contribution in [3.05, 3.63) is 66.1 Å². The summed E-state index contributed by atoms with van der Waals surface area (Å²) in [7, 11) is 0. The molecule has 1 saturated heterocycles. The Labute approximate surface area is 192 Å². The molecule has 3 heterocycles. The van der Waals surface area contributed by atoms with E-state index in [1.165, 1.54) is 11.9 Å². The van der Waals surface area contributed by atoms with Crippen molar-refractivity contribution in [1.29, 1.82) is 5.41 Å². The van der Waals surface area contributed by atoms with Crippen LogP contribution in [0.15, 0.2) is 54.9 Å². The van der Waals surface area contributed by atoms with E-state index >= 15 is 0 Å². The third-order valence-corrected chi connectivity index (χ3v) is 6.00. The van der Waals surface area contributed by atoms with Gasteiger partial charge in [0, 0.05) is 59.9 Å². The highest BCUT2D eigenvalue weighted by Gasteiger charge is 2.17. The Bertz CT molecular complexity index is 1290. The zero-order chi connectivity index (χ0) is 22.8. The Morgan fingerprint density at radius 1 is 1.15 bits per heavy atom. The molecule has 2 aromatic heterocycles. The van der Waals surface area contributed by atoms with Crippen LogP contribution in [0.1, 0.15) is 18.2 Å². The number of nitrogens with one attached hydrogen (secondary N) is 2. The normalized spacial score (nSPS) is 13.9. The van der Waals surface area contributed by atoms with Gasteiger partial charge in [-0.15, -0.1) is 0 Å². The summed E-state index contributed by atoms with van der Waals surface area (Å²) in [6.45, 7) is 5.45. The van der Waals surface area contributed by atoms with Crippen molar-refractivity contribution in [2.75, 3.05) is 42.3 Å². The van der Waals surface area contributed by atoms with E-state index in [1.807, 2.05) is 24.4 Å². The third-order valence-electron chi connectivity index (χ3n) is 6.00. The highest BCUT2D eigenvalue weighted by atomic mass is 16.5. The average Bonchev–Trinajstić information content (AvgIpc) is 3.35. The van der Waals surface area contributed by atoms with Gasteiger partial charge in [-0.25, -0.2) is 9.97 Å². The van der Waals surface area contributed by atoms with Crippen molar-refractivity contribution in [2.45, 2.75) is 13.3 Å². The number of aromatic nitrogens is 3. The van der Waals surface area contributed by atoms with E-state index in [0.717, 1.165) is 61.0 Å². The molecule has 33 heavy (non-hydrogen) atoms. The summed E-state index contributed by atoms with van der Waals surface area (Å²) in [5.41, 5.74) is 13.1. The summed E-state index contributed by atoms with van der Waals surface area (Å²) < 4.78 is 7.53. The van der Waals surface area contributed by atoms with Gasteiger partial charge in [0.25, 0.3) is 0 Å². The van der Waals surface area contributed by atoms with Gasteiger partial charge in [-0.3, -0.25) is 4.40 Å². The molecule has 0 unspecified atom stereocenters. The Kier molecular flexibility index (Phi) is 5.66. The Balaban J connectivity index is 1.52. The van der Waals surface area contributed by atoms with E-state index < -0.39 is 0 Å². The highest BCUT2D eigenvalue weighted by Crippen LogP contribution is 2.31. The number of rotatable bonds is 6. The van der Waals surface area contributed by atoms with Gasteiger partial charge in [-0.1, -0.05) is 19.1 Å². The lowest BCUT2D eigenvalue weighted by atomic mass is 10.0. The molecule has 1 aliphatic heterocycles. The first-order chi connectivity index (χ1) is 16.2.